The van der Waals surface area contributed by atoms with E-state index >= 15 is 0 Å². The van der Waals surface area contributed by atoms with Crippen LogP contribution in [-0.2, 0) is 9.53 Å². The number of rotatable bonds is 3. The summed E-state index contributed by atoms with van der Waals surface area (Å²) in [6.45, 7) is 8.69. The highest BCUT2D eigenvalue weighted by Crippen LogP contribution is 2.37. The molecule has 0 spiro atoms. The van der Waals surface area contributed by atoms with Crippen LogP contribution in [0.3, 0.4) is 0 Å². The average molecular weight is 228 g/mol. The van der Waals surface area contributed by atoms with E-state index in [1.165, 1.54) is 0 Å². The van der Waals surface area contributed by atoms with Crippen molar-refractivity contribution in [1.29, 1.82) is 0 Å². The molecule has 0 aromatic carbocycles. The molecule has 4 nitrogen and oxygen atoms in total. The fourth-order valence-corrected chi connectivity index (χ4v) is 2.25. The lowest BCUT2D eigenvalue weighted by Crippen LogP contribution is -2.47. The van der Waals surface area contributed by atoms with Crippen LogP contribution in [0.15, 0.2) is 0 Å². The Labute approximate surface area is 98.3 Å². The molecule has 1 amide bonds. The zero-order chi connectivity index (χ0) is 12.6. The Morgan fingerprint density at radius 2 is 1.94 bits per heavy atom. The highest BCUT2D eigenvalue weighted by Gasteiger charge is 2.45. The Bertz CT molecular complexity index is 272. The summed E-state index contributed by atoms with van der Waals surface area (Å²) in [7, 11) is 3.54. The van der Waals surface area contributed by atoms with Gasteiger partial charge < -0.3 is 15.0 Å². The smallest absolute Gasteiger partial charge is 0.236 e. The van der Waals surface area contributed by atoms with Crippen molar-refractivity contribution in [3.05, 3.63) is 0 Å². The van der Waals surface area contributed by atoms with E-state index in [4.69, 9.17) is 4.74 Å². The average Bonchev–Trinajstić information content (AvgIpc) is 2.29. The zero-order valence-electron chi connectivity index (χ0n) is 11.3. The summed E-state index contributed by atoms with van der Waals surface area (Å²) in [6, 6.07) is 0.228. The SMILES string of the molecule is CN(C)C(=O)CNC1CC(C)(C)OC1(C)C. The van der Waals surface area contributed by atoms with Crippen molar-refractivity contribution < 1.29 is 9.53 Å². The van der Waals surface area contributed by atoms with Gasteiger partial charge >= 0.3 is 0 Å². The fraction of sp³-hybridized carbons (Fsp3) is 0.917. The number of carbonyl (C=O) groups is 1. The molecule has 16 heavy (non-hydrogen) atoms. The number of likely N-dealkylation sites (N-methyl/N-ethyl adjacent to an activating group) is 1. The number of amides is 1. The first-order valence-electron chi connectivity index (χ1n) is 5.78. The Hall–Kier alpha value is -0.610. The highest BCUT2D eigenvalue weighted by molar-refractivity contribution is 5.77. The molecule has 0 bridgehead atoms. The van der Waals surface area contributed by atoms with Crippen molar-refractivity contribution in [1.82, 2.24) is 10.2 Å². The maximum Gasteiger partial charge on any atom is 0.236 e. The lowest BCUT2D eigenvalue weighted by Gasteiger charge is -2.28. The van der Waals surface area contributed by atoms with Gasteiger partial charge in [-0.3, -0.25) is 4.79 Å². The van der Waals surface area contributed by atoms with Crippen LogP contribution < -0.4 is 5.32 Å². The molecule has 1 atom stereocenters. The van der Waals surface area contributed by atoms with E-state index in [-0.39, 0.29) is 23.2 Å². The van der Waals surface area contributed by atoms with Gasteiger partial charge in [-0.25, -0.2) is 0 Å². The third kappa shape index (κ3) is 3.19. The molecule has 1 saturated heterocycles. The molecule has 1 fully saturated rings. The van der Waals surface area contributed by atoms with Crippen LogP contribution in [0.4, 0.5) is 0 Å². The number of nitrogens with zero attached hydrogens (tertiary/aromatic N) is 1. The first-order valence-corrected chi connectivity index (χ1v) is 5.78. The molecule has 1 rings (SSSR count). The number of ether oxygens (including phenoxy) is 1. The first kappa shape index (κ1) is 13.5. The monoisotopic (exact) mass is 228 g/mol. The van der Waals surface area contributed by atoms with Crippen LogP contribution >= 0.6 is 0 Å². The quantitative estimate of drug-likeness (QED) is 0.784. The molecule has 0 aromatic rings. The lowest BCUT2D eigenvalue weighted by atomic mass is 9.94. The van der Waals surface area contributed by atoms with Crippen molar-refractivity contribution in [2.45, 2.75) is 51.4 Å². The fourth-order valence-electron chi connectivity index (χ4n) is 2.25. The largest absolute Gasteiger partial charge is 0.368 e. The van der Waals surface area contributed by atoms with E-state index in [9.17, 15) is 4.79 Å². The minimum Gasteiger partial charge on any atom is -0.368 e. The molecular formula is C12H24N2O2. The maximum atomic E-state index is 11.5. The second-order valence-corrected chi connectivity index (χ2v) is 5.89. The van der Waals surface area contributed by atoms with Crippen LogP contribution in [0.25, 0.3) is 0 Å². The summed E-state index contributed by atoms with van der Waals surface area (Å²) in [4.78, 5) is 13.1. The van der Waals surface area contributed by atoms with Crippen molar-refractivity contribution in [3.63, 3.8) is 0 Å². The Balaban J connectivity index is 2.52. The number of hydrogen-bond acceptors (Lipinski definition) is 3. The Morgan fingerprint density at radius 1 is 1.38 bits per heavy atom. The molecule has 1 N–H and O–H groups in total. The lowest BCUT2D eigenvalue weighted by molar-refractivity contribution is -0.128. The highest BCUT2D eigenvalue weighted by atomic mass is 16.5. The van der Waals surface area contributed by atoms with Gasteiger partial charge in [0.05, 0.1) is 17.7 Å². The molecule has 1 unspecified atom stereocenters. The van der Waals surface area contributed by atoms with E-state index in [1.54, 1.807) is 19.0 Å². The standard InChI is InChI=1S/C12H24N2O2/c1-11(2)7-9(12(3,4)16-11)13-8-10(15)14(5)6/h9,13H,7-8H2,1-6H3. The Morgan fingerprint density at radius 3 is 2.31 bits per heavy atom. The van der Waals surface area contributed by atoms with Crippen molar-refractivity contribution in [2.24, 2.45) is 0 Å². The summed E-state index contributed by atoms with van der Waals surface area (Å²) in [5.41, 5.74) is -0.321. The van der Waals surface area contributed by atoms with Gasteiger partial charge in [-0.05, 0) is 34.1 Å². The van der Waals surface area contributed by atoms with E-state index in [2.05, 4.69) is 33.0 Å². The van der Waals surface area contributed by atoms with Gasteiger partial charge in [0.1, 0.15) is 0 Å². The van der Waals surface area contributed by atoms with Gasteiger partial charge in [-0.1, -0.05) is 0 Å². The summed E-state index contributed by atoms with van der Waals surface area (Å²) in [5, 5.41) is 3.29. The van der Waals surface area contributed by atoms with Gasteiger partial charge in [0.15, 0.2) is 0 Å². The minimum atomic E-state index is -0.212. The molecule has 4 heteroatoms. The topological polar surface area (TPSA) is 41.6 Å². The van der Waals surface area contributed by atoms with Crippen LogP contribution in [0, 0.1) is 0 Å². The summed E-state index contributed by atoms with van der Waals surface area (Å²) in [6.07, 6.45) is 0.931. The normalized spacial score (nSPS) is 26.8. The summed E-state index contributed by atoms with van der Waals surface area (Å²) < 4.78 is 5.95. The predicted molar refractivity (Wildman–Crippen MR) is 64.3 cm³/mol. The minimum absolute atomic E-state index is 0.0977. The summed E-state index contributed by atoms with van der Waals surface area (Å²) >= 11 is 0. The van der Waals surface area contributed by atoms with Crippen molar-refractivity contribution >= 4 is 5.91 Å². The van der Waals surface area contributed by atoms with Crippen molar-refractivity contribution in [2.75, 3.05) is 20.6 Å². The van der Waals surface area contributed by atoms with Crippen LogP contribution in [-0.4, -0.2) is 48.7 Å². The zero-order valence-corrected chi connectivity index (χ0v) is 11.3. The number of carbonyl (C=O) groups excluding carboxylic acids is 1. The molecule has 94 valence electrons. The molecule has 0 aromatic heterocycles. The van der Waals surface area contributed by atoms with E-state index < -0.39 is 0 Å². The number of nitrogens with one attached hydrogen (secondary N) is 1. The molecular weight excluding hydrogens is 204 g/mol. The number of hydrogen-bond donors (Lipinski definition) is 1. The van der Waals surface area contributed by atoms with Crippen LogP contribution in [0.2, 0.25) is 0 Å². The molecule has 1 aliphatic rings. The second-order valence-electron chi connectivity index (χ2n) is 5.89. The van der Waals surface area contributed by atoms with Crippen LogP contribution in [0.5, 0.6) is 0 Å². The van der Waals surface area contributed by atoms with E-state index in [1.807, 2.05) is 0 Å². The molecule has 0 saturated carbocycles. The molecule has 1 aliphatic heterocycles. The predicted octanol–water partition coefficient (Wildman–Crippen LogP) is 1.01. The van der Waals surface area contributed by atoms with E-state index in [0.29, 0.717) is 6.54 Å². The third-order valence-electron chi connectivity index (χ3n) is 3.07. The van der Waals surface area contributed by atoms with Gasteiger partial charge in [-0.2, -0.15) is 0 Å². The molecule has 1 heterocycles. The Kier molecular flexibility index (Phi) is 3.65. The second kappa shape index (κ2) is 4.34. The van der Waals surface area contributed by atoms with Gasteiger partial charge in [0.25, 0.3) is 0 Å². The van der Waals surface area contributed by atoms with Gasteiger partial charge in [-0.15, -0.1) is 0 Å². The molecule has 0 aliphatic carbocycles. The summed E-state index contributed by atoms with van der Waals surface area (Å²) in [5.74, 6) is 0.0977. The van der Waals surface area contributed by atoms with E-state index in [0.717, 1.165) is 6.42 Å². The van der Waals surface area contributed by atoms with Gasteiger partial charge in [0, 0.05) is 20.1 Å². The van der Waals surface area contributed by atoms with Gasteiger partial charge in [0.2, 0.25) is 5.91 Å². The van der Waals surface area contributed by atoms with Crippen LogP contribution in [0.1, 0.15) is 34.1 Å². The van der Waals surface area contributed by atoms with Crippen molar-refractivity contribution in [3.8, 4) is 0 Å². The molecule has 0 radical (unpaired) electrons. The third-order valence-corrected chi connectivity index (χ3v) is 3.07. The maximum absolute atomic E-state index is 11.5. The first-order chi connectivity index (χ1) is 7.14.